The van der Waals surface area contributed by atoms with Crippen molar-refractivity contribution in [3.05, 3.63) is 110 Å². The van der Waals surface area contributed by atoms with E-state index < -0.39 is 0 Å². The highest BCUT2D eigenvalue weighted by Crippen LogP contribution is 2.36. The Morgan fingerprint density at radius 2 is 1.79 bits per heavy atom. The standard InChI is InChI=1S/C30H24ClN3O3S2/c31-20-9-13-22(14-10-20)34-29(36)27-24-7-4-8-25(24)39-28(27)33-30(34)38-18-26(35)32-21-11-15-23(16-12-21)37-17-19-5-2-1-3-6-19/h1-3,5-6,9-16H,4,7-8,17-18H2,(H,32,35). The third-order valence-electron chi connectivity index (χ3n) is 6.51. The first-order valence-electron chi connectivity index (χ1n) is 12.6. The second-order valence-corrected chi connectivity index (χ2v) is 11.6. The molecule has 0 unspecified atom stereocenters. The van der Waals surface area contributed by atoms with Gasteiger partial charge in [0.15, 0.2) is 5.16 Å². The van der Waals surface area contributed by atoms with Crippen molar-refractivity contribution in [3.63, 3.8) is 0 Å². The first-order valence-corrected chi connectivity index (χ1v) is 14.8. The molecule has 3 aromatic carbocycles. The number of hydrogen-bond donors (Lipinski definition) is 1. The van der Waals surface area contributed by atoms with E-state index in [2.05, 4.69) is 5.32 Å². The molecule has 39 heavy (non-hydrogen) atoms. The van der Waals surface area contributed by atoms with E-state index in [4.69, 9.17) is 21.3 Å². The van der Waals surface area contributed by atoms with Gasteiger partial charge in [0, 0.05) is 15.6 Å². The number of aryl methyl sites for hydroxylation is 2. The van der Waals surface area contributed by atoms with Crippen molar-refractivity contribution in [2.45, 2.75) is 31.0 Å². The number of aromatic nitrogens is 2. The number of carbonyl (C=O) groups is 1. The number of ether oxygens (including phenoxy) is 1. The molecule has 0 fully saturated rings. The van der Waals surface area contributed by atoms with Gasteiger partial charge in [-0.1, -0.05) is 53.7 Å². The Kier molecular flexibility index (Phi) is 7.41. The summed E-state index contributed by atoms with van der Waals surface area (Å²) in [6.07, 6.45) is 2.95. The van der Waals surface area contributed by atoms with Gasteiger partial charge in [-0.15, -0.1) is 11.3 Å². The topological polar surface area (TPSA) is 73.2 Å². The average molecular weight is 574 g/mol. The summed E-state index contributed by atoms with van der Waals surface area (Å²) in [5, 5.41) is 4.68. The van der Waals surface area contributed by atoms with Crippen LogP contribution < -0.4 is 15.6 Å². The Balaban J connectivity index is 1.18. The van der Waals surface area contributed by atoms with Crippen molar-refractivity contribution in [1.29, 1.82) is 0 Å². The van der Waals surface area contributed by atoms with Gasteiger partial charge in [-0.3, -0.25) is 14.2 Å². The zero-order valence-electron chi connectivity index (χ0n) is 20.9. The zero-order valence-corrected chi connectivity index (χ0v) is 23.2. The molecule has 0 spiro atoms. The Morgan fingerprint density at radius 3 is 2.56 bits per heavy atom. The highest BCUT2D eigenvalue weighted by atomic mass is 35.5. The van der Waals surface area contributed by atoms with Gasteiger partial charge in [0.1, 0.15) is 17.2 Å². The third kappa shape index (κ3) is 5.59. The minimum atomic E-state index is -0.191. The molecule has 1 aliphatic rings. The van der Waals surface area contributed by atoms with Crippen molar-refractivity contribution in [2.24, 2.45) is 0 Å². The van der Waals surface area contributed by atoms with E-state index in [9.17, 15) is 9.59 Å². The van der Waals surface area contributed by atoms with Crippen LogP contribution >= 0.6 is 34.7 Å². The number of thioether (sulfide) groups is 1. The van der Waals surface area contributed by atoms with E-state index in [1.54, 1.807) is 40.2 Å². The van der Waals surface area contributed by atoms with Crippen LogP contribution in [0.1, 0.15) is 22.4 Å². The number of amides is 1. The molecule has 2 aromatic heterocycles. The van der Waals surface area contributed by atoms with Gasteiger partial charge in [0.2, 0.25) is 5.91 Å². The molecule has 2 heterocycles. The Morgan fingerprint density at radius 1 is 1.03 bits per heavy atom. The fraction of sp³-hybridized carbons (Fsp3) is 0.167. The number of anilines is 1. The fourth-order valence-electron chi connectivity index (χ4n) is 4.64. The maximum absolute atomic E-state index is 13.7. The number of benzene rings is 3. The van der Waals surface area contributed by atoms with Crippen molar-refractivity contribution < 1.29 is 9.53 Å². The monoisotopic (exact) mass is 573 g/mol. The van der Waals surface area contributed by atoms with E-state index in [0.29, 0.717) is 33.5 Å². The third-order valence-corrected chi connectivity index (χ3v) is 8.89. The summed E-state index contributed by atoms with van der Waals surface area (Å²) in [5.74, 6) is 0.630. The maximum Gasteiger partial charge on any atom is 0.267 e. The number of thiophene rings is 1. The van der Waals surface area contributed by atoms with E-state index >= 15 is 0 Å². The summed E-state index contributed by atoms with van der Waals surface area (Å²) in [7, 11) is 0. The Bertz CT molecular complexity index is 1700. The molecule has 196 valence electrons. The summed E-state index contributed by atoms with van der Waals surface area (Å²) >= 11 is 8.93. The van der Waals surface area contributed by atoms with Gasteiger partial charge in [-0.25, -0.2) is 4.98 Å². The lowest BCUT2D eigenvalue weighted by Crippen LogP contribution is -2.23. The van der Waals surface area contributed by atoms with E-state index in [1.807, 2.05) is 54.6 Å². The van der Waals surface area contributed by atoms with Gasteiger partial charge in [0.05, 0.1) is 16.8 Å². The molecule has 0 saturated heterocycles. The quantitative estimate of drug-likeness (QED) is 0.161. The van der Waals surface area contributed by atoms with Crippen molar-refractivity contribution in [3.8, 4) is 11.4 Å². The predicted octanol–water partition coefficient (Wildman–Crippen LogP) is 6.90. The summed E-state index contributed by atoms with van der Waals surface area (Å²) in [6.45, 7) is 0.475. The fourth-order valence-corrected chi connectivity index (χ4v) is 6.88. The molecule has 1 aliphatic carbocycles. The molecule has 6 rings (SSSR count). The normalized spacial score (nSPS) is 12.4. The summed E-state index contributed by atoms with van der Waals surface area (Å²) < 4.78 is 7.42. The number of fused-ring (bicyclic) bond motifs is 3. The van der Waals surface area contributed by atoms with Gasteiger partial charge < -0.3 is 10.1 Å². The molecule has 9 heteroatoms. The molecule has 0 atom stereocenters. The lowest BCUT2D eigenvalue weighted by Gasteiger charge is -2.13. The molecule has 5 aromatic rings. The van der Waals surface area contributed by atoms with Crippen LogP contribution in [0.4, 0.5) is 5.69 Å². The summed E-state index contributed by atoms with van der Waals surface area (Å²) in [6, 6.07) is 24.3. The number of nitrogens with one attached hydrogen (secondary N) is 1. The molecule has 0 radical (unpaired) electrons. The van der Waals surface area contributed by atoms with Gasteiger partial charge >= 0.3 is 0 Å². The van der Waals surface area contributed by atoms with Crippen LogP contribution in [0.5, 0.6) is 5.75 Å². The molecular weight excluding hydrogens is 550 g/mol. The number of carbonyl (C=O) groups excluding carboxylic acids is 1. The van der Waals surface area contributed by atoms with Crippen molar-refractivity contribution in [1.82, 2.24) is 9.55 Å². The van der Waals surface area contributed by atoms with Crippen LogP contribution in [0.15, 0.2) is 88.8 Å². The lowest BCUT2D eigenvalue weighted by molar-refractivity contribution is -0.113. The van der Waals surface area contributed by atoms with Crippen LogP contribution in [0.3, 0.4) is 0 Å². The zero-order chi connectivity index (χ0) is 26.8. The van der Waals surface area contributed by atoms with Crippen molar-refractivity contribution >= 4 is 56.5 Å². The Hall–Kier alpha value is -3.59. The summed E-state index contributed by atoms with van der Waals surface area (Å²) in [5.41, 5.74) is 3.45. The van der Waals surface area contributed by atoms with Crippen LogP contribution in [0, 0.1) is 0 Å². The first-order chi connectivity index (χ1) is 19.0. The van der Waals surface area contributed by atoms with Crippen molar-refractivity contribution in [2.75, 3.05) is 11.1 Å². The SMILES string of the molecule is O=C(CSc1nc2sc3c(c2c(=O)n1-c1ccc(Cl)cc1)CCC3)Nc1ccc(OCc2ccccc2)cc1. The molecule has 0 saturated carbocycles. The van der Waals surface area contributed by atoms with E-state index in [0.717, 1.165) is 41.0 Å². The van der Waals surface area contributed by atoms with Crippen LogP contribution in [0.2, 0.25) is 5.02 Å². The number of rotatable bonds is 8. The van der Waals surface area contributed by atoms with Gasteiger partial charge in [-0.05, 0) is 78.9 Å². The highest BCUT2D eigenvalue weighted by Gasteiger charge is 2.24. The lowest BCUT2D eigenvalue weighted by atomic mass is 10.2. The molecule has 0 aliphatic heterocycles. The molecule has 1 N–H and O–H groups in total. The predicted molar refractivity (Wildman–Crippen MR) is 159 cm³/mol. The number of halogens is 1. The van der Waals surface area contributed by atoms with E-state index in [-0.39, 0.29) is 17.2 Å². The maximum atomic E-state index is 13.7. The van der Waals surface area contributed by atoms with Gasteiger partial charge in [-0.2, -0.15) is 0 Å². The van der Waals surface area contributed by atoms with Crippen LogP contribution in [0.25, 0.3) is 15.9 Å². The second kappa shape index (κ2) is 11.3. The minimum absolute atomic E-state index is 0.100. The Labute approximate surface area is 238 Å². The molecule has 0 bridgehead atoms. The molecule has 6 nitrogen and oxygen atoms in total. The summed E-state index contributed by atoms with van der Waals surface area (Å²) in [4.78, 5) is 33.4. The first kappa shape index (κ1) is 25.7. The van der Waals surface area contributed by atoms with Crippen LogP contribution in [-0.2, 0) is 24.2 Å². The average Bonchev–Trinajstić information content (AvgIpc) is 3.54. The number of nitrogens with zero attached hydrogens (tertiary/aromatic N) is 2. The van der Waals surface area contributed by atoms with Gasteiger partial charge in [0.25, 0.3) is 5.56 Å². The van der Waals surface area contributed by atoms with E-state index in [1.165, 1.54) is 16.6 Å². The largest absolute Gasteiger partial charge is 0.489 e. The smallest absolute Gasteiger partial charge is 0.267 e. The second-order valence-electron chi connectivity index (χ2n) is 9.18. The number of hydrogen-bond acceptors (Lipinski definition) is 6. The van der Waals surface area contributed by atoms with Crippen LogP contribution in [-0.4, -0.2) is 21.2 Å². The minimum Gasteiger partial charge on any atom is -0.489 e. The molecular formula is C30H24ClN3O3S2. The molecule has 1 amide bonds. The highest BCUT2D eigenvalue weighted by molar-refractivity contribution is 7.99.